The van der Waals surface area contributed by atoms with Crippen LogP contribution >= 0.6 is 0 Å². The first-order valence-electron chi connectivity index (χ1n) is 12.1. The van der Waals surface area contributed by atoms with E-state index in [1.165, 1.54) is 16.7 Å². The lowest BCUT2D eigenvalue weighted by atomic mass is 10.1. The fraction of sp³-hybridized carbons (Fsp3) is 0.400. The summed E-state index contributed by atoms with van der Waals surface area (Å²) in [5.74, 6) is -0.779. The van der Waals surface area contributed by atoms with Crippen molar-refractivity contribution in [3.05, 3.63) is 63.2 Å². The van der Waals surface area contributed by atoms with Crippen LogP contribution in [0, 0.1) is 18.7 Å². The summed E-state index contributed by atoms with van der Waals surface area (Å²) < 4.78 is 38.2. The van der Waals surface area contributed by atoms with Crippen LogP contribution in [0.4, 0.5) is 14.9 Å². The highest BCUT2D eigenvalue weighted by atomic mass is 32.2. The molecule has 2 amide bonds. The number of halogens is 1. The first-order chi connectivity index (χ1) is 18.2. The van der Waals surface area contributed by atoms with Crippen molar-refractivity contribution >= 4 is 38.6 Å². The number of rotatable bonds is 11. The highest BCUT2D eigenvalue weighted by Gasteiger charge is 2.22. The zero-order valence-electron chi connectivity index (χ0n) is 22.0. The summed E-state index contributed by atoms with van der Waals surface area (Å²) in [7, 11) is -3.37. The third-order valence-corrected chi connectivity index (χ3v) is 6.43. The van der Waals surface area contributed by atoms with Crippen molar-refractivity contribution < 1.29 is 27.5 Å². The molecule has 0 aliphatic heterocycles. The standard InChI is InChI=1S/C25H31FN6O6S/c1-14(2)11-19-22-21(16(26)12-27-19)30-20(31-22)13-32-15(3)8-9-18(24(32)34)28-23(33)17(29-25(35)36)7-5-6-10-39(4,37)38/h6,8-10,12,14,17,29H,5,7,11,13H2,1-4H3,(H,28,33)(H,30,31)(H,35,36)/b10-6+. The number of fused-ring (bicyclic) bond motifs is 1. The van der Waals surface area contributed by atoms with Crippen molar-refractivity contribution in [3.63, 3.8) is 0 Å². The maximum atomic E-state index is 14.4. The molecule has 0 fully saturated rings. The molecule has 0 radical (unpaired) electrons. The Hall–Kier alpha value is -4.07. The summed E-state index contributed by atoms with van der Waals surface area (Å²) in [6.07, 6.45) is 2.66. The molecule has 210 valence electrons. The number of pyridine rings is 2. The minimum atomic E-state index is -3.37. The molecule has 3 rings (SSSR count). The molecule has 0 aliphatic carbocycles. The topological polar surface area (TPSA) is 176 Å². The summed E-state index contributed by atoms with van der Waals surface area (Å²) in [6, 6.07) is 1.75. The fourth-order valence-electron chi connectivity index (χ4n) is 3.94. The molecule has 0 spiro atoms. The predicted molar refractivity (Wildman–Crippen MR) is 144 cm³/mol. The van der Waals surface area contributed by atoms with Gasteiger partial charge in [-0.05, 0) is 44.2 Å². The Morgan fingerprint density at radius 3 is 2.64 bits per heavy atom. The Balaban J connectivity index is 1.85. The van der Waals surface area contributed by atoms with E-state index in [2.05, 4.69) is 25.6 Å². The van der Waals surface area contributed by atoms with E-state index < -0.39 is 39.3 Å². The van der Waals surface area contributed by atoms with Crippen LogP contribution in [0.2, 0.25) is 0 Å². The minimum absolute atomic E-state index is 0.0402. The molecule has 4 N–H and O–H groups in total. The molecule has 1 unspecified atom stereocenters. The van der Waals surface area contributed by atoms with Gasteiger partial charge >= 0.3 is 6.09 Å². The van der Waals surface area contributed by atoms with Crippen LogP contribution in [0.3, 0.4) is 0 Å². The molecule has 1 atom stereocenters. The second-order valence-corrected chi connectivity index (χ2v) is 11.5. The molecule has 3 heterocycles. The van der Waals surface area contributed by atoms with Gasteiger partial charge in [-0.2, -0.15) is 0 Å². The quantitative estimate of drug-likeness (QED) is 0.276. The average Bonchev–Trinajstić information content (AvgIpc) is 3.26. The van der Waals surface area contributed by atoms with E-state index >= 15 is 0 Å². The number of aryl methyl sites for hydroxylation is 1. The van der Waals surface area contributed by atoms with E-state index in [9.17, 15) is 27.2 Å². The van der Waals surface area contributed by atoms with Gasteiger partial charge in [0.15, 0.2) is 15.7 Å². The largest absolute Gasteiger partial charge is 0.465 e. The first-order valence-corrected chi connectivity index (χ1v) is 14.1. The Kier molecular flexibility index (Phi) is 9.22. The number of amides is 2. The summed E-state index contributed by atoms with van der Waals surface area (Å²) >= 11 is 0. The molecule has 0 saturated heterocycles. The molecule has 14 heteroatoms. The molecule has 0 saturated carbocycles. The van der Waals surface area contributed by atoms with Gasteiger partial charge in [0.25, 0.3) is 5.56 Å². The van der Waals surface area contributed by atoms with Gasteiger partial charge in [-0.25, -0.2) is 22.6 Å². The van der Waals surface area contributed by atoms with Crippen LogP contribution in [-0.2, 0) is 27.6 Å². The Bertz CT molecular complexity index is 1580. The lowest BCUT2D eigenvalue weighted by molar-refractivity contribution is -0.118. The number of aromatic nitrogens is 4. The van der Waals surface area contributed by atoms with Crippen molar-refractivity contribution in [2.24, 2.45) is 5.92 Å². The van der Waals surface area contributed by atoms with Gasteiger partial charge in [0, 0.05) is 17.4 Å². The number of sulfone groups is 1. The number of hydrogen-bond donors (Lipinski definition) is 4. The van der Waals surface area contributed by atoms with E-state index in [1.807, 2.05) is 13.8 Å². The summed E-state index contributed by atoms with van der Waals surface area (Å²) in [4.78, 5) is 48.8. The summed E-state index contributed by atoms with van der Waals surface area (Å²) in [5.41, 5.74) is 1.12. The van der Waals surface area contributed by atoms with Crippen LogP contribution in [0.25, 0.3) is 11.0 Å². The second-order valence-electron chi connectivity index (χ2n) is 9.61. The van der Waals surface area contributed by atoms with E-state index in [4.69, 9.17) is 5.11 Å². The SMILES string of the molecule is Cc1ccc(NC(=O)C(CC/C=C/S(C)(=O)=O)NC(=O)O)c(=O)n1Cc1nc2c(F)cnc(CC(C)C)c2[nH]1. The number of H-pyrrole nitrogens is 1. The number of allylic oxidation sites excluding steroid dienone is 1. The Morgan fingerprint density at radius 2 is 2.00 bits per heavy atom. The third kappa shape index (κ3) is 7.96. The Morgan fingerprint density at radius 1 is 1.28 bits per heavy atom. The molecular weight excluding hydrogens is 531 g/mol. The number of nitrogens with one attached hydrogen (secondary N) is 3. The number of carbonyl (C=O) groups is 2. The number of imidazole rings is 1. The van der Waals surface area contributed by atoms with Crippen LogP contribution < -0.4 is 16.2 Å². The van der Waals surface area contributed by atoms with Crippen LogP contribution in [0.15, 0.2) is 34.6 Å². The van der Waals surface area contributed by atoms with Crippen molar-refractivity contribution in [1.29, 1.82) is 0 Å². The van der Waals surface area contributed by atoms with E-state index in [0.717, 1.165) is 17.9 Å². The highest BCUT2D eigenvalue weighted by Crippen LogP contribution is 2.21. The van der Waals surface area contributed by atoms with Gasteiger partial charge in [-0.15, -0.1) is 0 Å². The van der Waals surface area contributed by atoms with Crippen molar-refractivity contribution in [2.75, 3.05) is 11.6 Å². The summed E-state index contributed by atoms with van der Waals surface area (Å²) in [5, 5.41) is 14.6. The Labute approximate surface area is 224 Å². The number of hydrogen-bond acceptors (Lipinski definition) is 7. The lowest BCUT2D eigenvalue weighted by Gasteiger charge is -2.17. The lowest BCUT2D eigenvalue weighted by Crippen LogP contribution is -2.44. The average molecular weight is 563 g/mol. The van der Waals surface area contributed by atoms with E-state index in [0.29, 0.717) is 29.1 Å². The van der Waals surface area contributed by atoms with Gasteiger partial charge in [-0.1, -0.05) is 19.9 Å². The smallest absolute Gasteiger partial charge is 0.405 e. The van der Waals surface area contributed by atoms with E-state index in [1.54, 1.807) is 13.0 Å². The molecule has 3 aromatic rings. The molecule has 0 bridgehead atoms. The maximum absolute atomic E-state index is 14.4. The highest BCUT2D eigenvalue weighted by molar-refractivity contribution is 7.93. The number of carbonyl (C=O) groups excluding carboxylic acids is 1. The van der Waals surface area contributed by atoms with E-state index in [-0.39, 0.29) is 36.5 Å². The monoisotopic (exact) mass is 562 g/mol. The van der Waals surface area contributed by atoms with Crippen molar-refractivity contribution in [1.82, 2.24) is 24.8 Å². The summed E-state index contributed by atoms with van der Waals surface area (Å²) in [6.45, 7) is 5.67. The number of carboxylic acid groups (broad SMARTS) is 1. The number of nitrogens with zero attached hydrogens (tertiary/aromatic N) is 3. The number of aromatic amines is 1. The predicted octanol–water partition coefficient (Wildman–Crippen LogP) is 2.73. The first kappa shape index (κ1) is 29.5. The van der Waals surface area contributed by atoms with Crippen molar-refractivity contribution in [2.45, 2.75) is 52.6 Å². The molecular formula is C25H31FN6O6S. The van der Waals surface area contributed by atoms with Gasteiger partial charge < -0.3 is 25.3 Å². The van der Waals surface area contributed by atoms with Crippen LogP contribution in [0.1, 0.15) is 43.9 Å². The van der Waals surface area contributed by atoms with Crippen LogP contribution in [0.5, 0.6) is 0 Å². The molecule has 12 nitrogen and oxygen atoms in total. The molecule has 39 heavy (non-hydrogen) atoms. The van der Waals surface area contributed by atoms with Gasteiger partial charge in [0.1, 0.15) is 23.1 Å². The molecule has 0 aromatic carbocycles. The normalized spacial score (nSPS) is 12.8. The second kappa shape index (κ2) is 12.2. The zero-order chi connectivity index (χ0) is 28.9. The van der Waals surface area contributed by atoms with Crippen molar-refractivity contribution in [3.8, 4) is 0 Å². The zero-order valence-corrected chi connectivity index (χ0v) is 22.8. The van der Waals surface area contributed by atoms with Gasteiger partial charge in [0.2, 0.25) is 5.91 Å². The van der Waals surface area contributed by atoms with Gasteiger partial charge in [-0.3, -0.25) is 14.6 Å². The molecule has 3 aromatic heterocycles. The van der Waals surface area contributed by atoms with Crippen LogP contribution in [-0.4, -0.2) is 57.3 Å². The van der Waals surface area contributed by atoms with Gasteiger partial charge in [0.05, 0.1) is 24.0 Å². The molecule has 0 aliphatic rings. The fourth-order valence-corrected chi connectivity index (χ4v) is 4.42. The minimum Gasteiger partial charge on any atom is -0.465 e. The maximum Gasteiger partial charge on any atom is 0.405 e. The third-order valence-electron chi connectivity index (χ3n) is 5.74. The number of anilines is 1.